The van der Waals surface area contributed by atoms with Gasteiger partial charge in [0.25, 0.3) is 5.91 Å². The maximum Gasteiger partial charge on any atom is 0.251 e. The van der Waals surface area contributed by atoms with Crippen LogP contribution in [0, 0.1) is 0 Å². The number of halogens is 1. The highest BCUT2D eigenvalue weighted by atomic mass is 79.9. The molecule has 0 aliphatic heterocycles. The Kier molecular flexibility index (Phi) is 5.81. The zero-order valence-electron chi connectivity index (χ0n) is 16.3. The summed E-state index contributed by atoms with van der Waals surface area (Å²) in [4.78, 5) is 12.8. The van der Waals surface area contributed by atoms with Crippen LogP contribution in [0.1, 0.15) is 40.9 Å². The summed E-state index contributed by atoms with van der Waals surface area (Å²) in [6, 6.07) is 26.3. The van der Waals surface area contributed by atoms with Gasteiger partial charge in [-0.05, 0) is 47.9 Å². The van der Waals surface area contributed by atoms with Crippen molar-refractivity contribution >= 4 is 32.7 Å². The Labute approximate surface area is 179 Å². The third-order valence-electron chi connectivity index (χ3n) is 5.25. The Morgan fingerprint density at radius 3 is 2.52 bits per heavy atom. The van der Waals surface area contributed by atoms with Gasteiger partial charge in [-0.25, -0.2) is 0 Å². The van der Waals surface area contributed by atoms with E-state index in [1.54, 1.807) is 0 Å². The lowest BCUT2D eigenvalue weighted by molar-refractivity contribution is 0.0935. The van der Waals surface area contributed by atoms with Gasteiger partial charge in [-0.15, -0.1) is 0 Å². The standard InChI is InChI=1S/C25H23BrN2O/c1-2-23(18-8-4-3-5-9-18)27-25(29)20-12-13-24-19(16-20)14-15-28(24)17-21-10-6-7-11-22(21)26/h3-16,23H,2,17H2,1H3,(H,27,29). The van der Waals surface area contributed by atoms with Gasteiger partial charge in [-0.1, -0.05) is 71.4 Å². The van der Waals surface area contributed by atoms with Crippen molar-refractivity contribution in [2.45, 2.75) is 25.9 Å². The fourth-order valence-electron chi connectivity index (χ4n) is 3.64. The Hall–Kier alpha value is -2.85. The number of hydrogen-bond acceptors (Lipinski definition) is 1. The van der Waals surface area contributed by atoms with Crippen molar-refractivity contribution in [1.29, 1.82) is 0 Å². The lowest BCUT2D eigenvalue weighted by Crippen LogP contribution is -2.28. The van der Waals surface area contributed by atoms with Crippen LogP contribution in [0.3, 0.4) is 0 Å². The van der Waals surface area contributed by atoms with Crippen LogP contribution < -0.4 is 5.32 Å². The van der Waals surface area contributed by atoms with Gasteiger partial charge >= 0.3 is 0 Å². The van der Waals surface area contributed by atoms with Gasteiger partial charge in [0.2, 0.25) is 0 Å². The number of rotatable bonds is 6. The van der Waals surface area contributed by atoms with E-state index in [4.69, 9.17) is 0 Å². The van der Waals surface area contributed by atoms with Crippen LogP contribution in [-0.2, 0) is 6.54 Å². The molecular weight excluding hydrogens is 424 g/mol. The molecule has 4 rings (SSSR count). The highest BCUT2D eigenvalue weighted by Gasteiger charge is 2.15. The van der Waals surface area contributed by atoms with Crippen molar-refractivity contribution in [2.24, 2.45) is 0 Å². The quantitative estimate of drug-likeness (QED) is 0.368. The Morgan fingerprint density at radius 2 is 1.76 bits per heavy atom. The molecule has 0 aliphatic carbocycles. The first-order valence-corrected chi connectivity index (χ1v) is 10.6. The first-order valence-electron chi connectivity index (χ1n) is 9.84. The van der Waals surface area contributed by atoms with Crippen molar-refractivity contribution in [2.75, 3.05) is 0 Å². The second kappa shape index (κ2) is 8.66. The molecule has 0 saturated heterocycles. The fraction of sp³-hybridized carbons (Fsp3) is 0.160. The van der Waals surface area contributed by atoms with Crippen molar-refractivity contribution in [1.82, 2.24) is 9.88 Å². The lowest BCUT2D eigenvalue weighted by atomic mass is 10.0. The summed E-state index contributed by atoms with van der Waals surface area (Å²) >= 11 is 3.62. The van der Waals surface area contributed by atoms with Gasteiger partial charge in [0.15, 0.2) is 0 Å². The van der Waals surface area contributed by atoms with E-state index in [1.807, 2.05) is 48.5 Å². The molecule has 0 saturated carbocycles. The molecule has 29 heavy (non-hydrogen) atoms. The molecule has 1 aromatic heterocycles. The zero-order chi connectivity index (χ0) is 20.2. The Balaban J connectivity index is 1.55. The molecule has 3 aromatic carbocycles. The van der Waals surface area contributed by atoms with Gasteiger partial charge in [0.1, 0.15) is 0 Å². The van der Waals surface area contributed by atoms with E-state index in [0.29, 0.717) is 5.56 Å². The van der Waals surface area contributed by atoms with Crippen molar-refractivity contribution in [3.63, 3.8) is 0 Å². The number of nitrogens with one attached hydrogen (secondary N) is 1. The summed E-state index contributed by atoms with van der Waals surface area (Å²) in [6.07, 6.45) is 2.92. The first-order chi connectivity index (χ1) is 14.2. The molecule has 0 bridgehead atoms. The fourth-order valence-corrected chi connectivity index (χ4v) is 4.05. The van der Waals surface area contributed by atoms with Crippen molar-refractivity contribution < 1.29 is 4.79 Å². The third-order valence-corrected chi connectivity index (χ3v) is 6.02. The molecule has 1 atom stereocenters. The van der Waals surface area contributed by atoms with E-state index < -0.39 is 0 Å². The summed E-state index contributed by atoms with van der Waals surface area (Å²) in [7, 11) is 0. The van der Waals surface area contributed by atoms with Gasteiger partial charge in [-0.3, -0.25) is 4.79 Å². The molecule has 1 N–H and O–H groups in total. The predicted octanol–water partition coefficient (Wildman–Crippen LogP) is 6.33. The largest absolute Gasteiger partial charge is 0.345 e. The molecule has 146 valence electrons. The normalized spacial score (nSPS) is 12.1. The summed E-state index contributed by atoms with van der Waals surface area (Å²) < 4.78 is 3.31. The zero-order valence-corrected chi connectivity index (χ0v) is 17.9. The summed E-state index contributed by atoms with van der Waals surface area (Å²) in [6.45, 7) is 2.87. The molecular formula is C25H23BrN2O. The van der Waals surface area contributed by atoms with Crippen LogP contribution in [0.4, 0.5) is 0 Å². The van der Waals surface area contributed by atoms with E-state index in [9.17, 15) is 4.79 Å². The summed E-state index contributed by atoms with van der Waals surface area (Å²) in [5.41, 5.74) is 4.16. The minimum absolute atomic E-state index is 0.0134. The van der Waals surface area contributed by atoms with Gasteiger partial charge in [0.05, 0.1) is 6.04 Å². The molecule has 1 amide bonds. The summed E-state index contributed by atoms with van der Waals surface area (Å²) in [5.74, 6) is -0.0406. The molecule has 0 fully saturated rings. The second-order valence-corrected chi connectivity index (χ2v) is 8.01. The van der Waals surface area contributed by atoms with Crippen LogP contribution in [0.5, 0.6) is 0 Å². The monoisotopic (exact) mass is 446 g/mol. The minimum atomic E-state index is -0.0406. The van der Waals surface area contributed by atoms with E-state index in [0.717, 1.165) is 33.9 Å². The lowest BCUT2D eigenvalue weighted by Gasteiger charge is -2.17. The van der Waals surface area contributed by atoms with Gasteiger partial charge < -0.3 is 9.88 Å². The number of fused-ring (bicyclic) bond motifs is 1. The predicted molar refractivity (Wildman–Crippen MR) is 122 cm³/mol. The average molecular weight is 447 g/mol. The number of benzene rings is 3. The molecule has 0 aliphatic rings. The van der Waals surface area contributed by atoms with Crippen LogP contribution in [0.2, 0.25) is 0 Å². The Morgan fingerprint density at radius 1 is 1.00 bits per heavy atom. The van der Waals surface area contributed by atoms with Crippen LogP contribution in [-0.4, -0.2) is 10.5 Å². The molecule has 0 radical (unpaired) electrons. The van der Waals surface area contributed by atoms with E-state index >= 15 is 0 Å². The van der Waals surface area contributed by atoms with E-state index in [2.05, 4.69) is 69.3 Å². The second-order valence-electron chi connectivity index (χ2n) is 7.15. The molecule has 4 aromatic rings. The number of aromatic nitrogens is 1. The topological polar surface area (TPSA) is 34.0 Å². The third kappa shape index (κ3) is 4.28. The van der Waals surface area contributed by atoms with E-state index in [1.165, 1.54) is 5.56 Å². The number of carbonyl (C=O) groups is 1. The smallest absolute Gasteiger partial charge is 0.251 e. The van der Waals surface area contributed by atoms with Crippen molar-refractivity contribution in [3.05, 3.63) is 106 Å². The summed E-state index contributed by atoms with van der Waals surface area (Å²) in [5, 5.41) is 4.23. The van der Waals surface area contributed by atoms with Gasteiger partial charge in [-0.2, -0.15) is 0 Å². The SMILES string of the molecule is CCC(NC(=O)c1ccc2c(ccn2Cc2ccccc2Br)c1)c1ccccc1. The molecule has 1 heterocycles. The molecule has 4 heteroatoms. The van der Waals surface area contributed by atoms with Crippen LogP contribution >= 0.6 is 15.9 Å². The highest BCUT2D eigenvalue weighted by molar-refractivity contribution is 9.10. The first kappa shape index (κ1) is 19.5. The average Bonchev–Trinajstić information content (AvgIpc) is 3.16. The maximum absolute atomic E-state index is 12.8. The number of nitrogens with zero attached hydrogens (tertiary/aromatic N) is 1. The highest BCUT2D eigenvalue weighted by Crippen LogP contribution is 2.23. The maximum atomic E-state index is 12.8. The van der Waals surface area contributed by atoms with Gasteiger partial charge in [0, 0.05) is 33.7 Å². The molecule has 0 spiro atoms. The van der Waals surface area contributed by atoms with Crippen LogP contribution in [0.25, 0.3) is 10.9 Å². The van der Waals surface area contributed by atoms with Crippen molar-refractivity contribution in [3.8, 4) is 0 Å². The number of hydrogen-bond donors (Lipinski definition) is 1. The Bertz CT molecular complexity index is 1130. The molecule has 3 nitrogen and oxygen atoms in total. The van der Waals surface area contributed by atoms with Crippen LogP contribution in [0.15, 0.2) is 89.5 Å². The minimum Gasteiger partial charge on any atom is -0.345 e. The van der Waals surface area contributed by atoms with E-state index in [-0.39, 0.29) is 11.9 Å². The molecule has 1 unspecified atom stereocenters. The number of carbonyl (C=O) groups excluding carboxylic acids is 1. The number of amides is 1.